The Bertz CT molecular complexity index is 675. The molecule has 3 nitrogen and oxygen atoms in total. The molecule has 0 atom stereocenters. The second-order valence-electron chi connectivity index (χ2n) is 9.10. The van der Waals surface area contributed by atoms with Gasteiger partial charge in [0.15, 0.2) is 0 Å². The molecule has 0 bridgehead atoms. The van der Waals surface area contributed by atoms with Gasteiger partial charge in [0, 0.05) is 24.4 Å². The highest BCUT2D eigenvalue weighted by atomic mass is 19.1. The van der Waals surface area contributed by atoms with E-state index in [0.717, 1.165) is 49.9 Å². The number of benzene rings is 1. The van der Waals surface area contributed by atoms with Crippen LogP contribution >= 0.6 is 0 Å². The summed E-state index contributed by atoms with van der Waals surface area (Å²) in [6, 6.07) is 5.42. The fourth-order valence-electron chi connectivity index (χ4n) is 5.19. The van der Waals surface area contributed by atoms with Gasteiger partial charge in [0.2, 0.25) is 5.91 Å². The number of likely N-dealkylation sites (tertiary alicyclic amines) is 1. The van der Waals surface area contributed by atoms with Gasteiger partial charge in [-0.05, 0) is 69.9 Å². The highest BCUT2D eigenvalue weighted by molar-refractivity contribution is 5.81. The maximum atomic E-state index is 14.1. The van der Waals surface area contributed by atoms with Gasteiger partial charge in [0.05, 0.1) is 5.60 Å². The van der Waals surface area contributed by atoms with Gasteiger partial charge < -0.3 is 10.0 Å². The number of hydrogen-bond acceptors (Lipinski definition) is 2. The van der Waals surface area contributed by atoms with Crippen molar-refractivity contribution in [1.29, 1.82) is 0 Å². The summed E-state index contributed by atoms with van der Waals surface area (Å²) in [5, 5.41) is 9.83. The summed E-state index contributed by atoms with van der Waals surface area (Å²) in [7, 11) is 0. The molecule has 1 aromatic carbocycles. The number of nitrogens with zero attached hydrogens (tertiary/aromatic N) is 1. The lowest BCUT2D eigenvalue weighted by molar-refractivity contribution is -0.163. The van der Waals surface area contributed by atoms with E-state index in [1.807, 2.05) is 24.0 Å². The van der Waals surface area contributed by atoms with Crippen LogP contribution in [-0.4, -0.2) is 34.6 Å². The van der Waals surface area contributed by atoms with Gasteiger partial charge in [0.1, 0.15) is 5.82 Å². The molecule has 2 aliphatic carbocycles. The lowest BCUT2D eigenvalue weighted by Crippen LogP contribution is -2.62. The third-order valence-corrected chi connectivity index (χ3v) is 6.72. The molecule has 0 radical (unpaired) electrons. The first-order chi connectivity index (χ1) is 11.8. The lowest BCUT2D eigenvalue weighted by Gasteiger charge is -2.55. The van der Waals surface area contributed by atoms with Crippen molar-refractivity contribution in [3.05, 3.63) is 35.1 Å². The number of rotatable bonds is 2. The van der Waals surface area contributed by atoms with Gasteiger partial charge in [-0.25, -0.2) is 4.39 Å². The molecule has 4 heteroatoms. The maximum Gasteiger partial charge on any atom is 0.225 e. The van der Waals surface area contributed by atoms with E-state index >= 15 is 0 Å². The molecule has 1 amide bonds. The summed E-state index contributed by atoms with van der Waals surface area (Å²) in [6.45, 7) is 5.53. The van der Waals surface area contributed by atoms with Crippen molar-refractivity contribution in [2.45, 2.75) is 63.9 Å². The summed E-state index contributed by atoms with van der Waals surface area (Å²) >= 11 is 0. The molecule has 2 saturated carbocycles. The van der Waals surface area contributed by atoms with E-state index in [-0.39, 0.29) is 23.1 Å². The van der Waals surface area contributed by atoms with Gasteiger partial charge in [-0.2, -0.15) is 0 Å². The monoisotopic (exact) mass is 345 g/mol. The van der Waals surface area contributed by atoms with Crippen LogP contribution in [0.25, 0.3) is 0 Å². The molecule has 3 aliphatic rings. The van der Waals surface area contributed by atoms with Gasteiger partial charge in [0.25, 0.3) is 0 Å². The molecular formula is C21H28FNO2. The Hall–Kier alpha value is -1.42. The molecule has 1 N–H and O–H groups in total. The zero-order valence-corrected chi connectivity index (χ0v) is 15.2. The Morgan fingerprint density at radius 2 is 1.88 bits per heavy atom. The SMILES string of the molecule is Cc1ccc(F)c(C2CCC3(CC2)CN(C(=O)C2CC(C)(O)C2)C3)c1. The number of carbonyl (C=O) groups excluding carboxylic acids is 1. The van der Waals surface area contributed by atoms with Crippen LogP contribution in [0.3, 0.4) is 0 Å². The third-order valence-electron chi connectivity index (χ3n) is 6.72. The van der Waals surface area contributed by atoms with Crippen LogP contribution in [0, 0.1) is 24.1 Å². The minimum Gasteiger partial charge on any atom is -0.390 e. The fraction of sp³-hybridized carbons (Fsp3) is 0.667. The average Bonchev–Trinajstić information content (AvgIpc) is 2.52. The Kier molecular flexibility index (Phi) is 3.95. The van der Waals surface area contributed by atoms with Crippen LogP contribution in [0.1, 0.15) is 62.5 Å². The Balaban J connectivity index is 1.31. The molecule has 1 heterocycles. The van der Waals surface area contributed by atoms with E-state index < -0.39 is 5.60 Å². The van der Waals surface area contributed by atoms with Crippen molar-refractivity contribution < 1.29 is 14.3 Å². The second kappa shape index (κ2) is 5.80. The number of aliphatic hydroxyl groups is 1. The van der Waals surface area contributed by atoms with E-state index in [1.54, 1.807) is 13.0 Å². The number of halogens is 1. The van der Waals surface area contributed by atoms with E-state index in [9.17, 15) is 14.3 Å². The summed E-state index contributed by atoms with van der Waals surface area (Å²) in [5.41, 5.74) is 1.62. The molecule has 1 aromatic rings. The highest BCUT2D eigenvalue weighted by Crippen LogP contribution is 2.50. The van der Waals surface area contributed by atoms with E-state index in [2.05, 4.69) is 0 Å². The van der Waals surface area contributed by atoms with Crippen molar-refractivity contribution >= 4 is 5.91 Å². The van der Waals surface area contributed by atoms with Crippen LogP contribution in [0.2, 0.25) is 0 Å². The molecular weight excluding hydrogens is 317 g/mol. The summed E-state index contributed by atoms with van der Waals surface area (Å²) < 4.78 is 14.1. The standard InChI is InChI=1S/C21H28FNO2/c1-14-3-4-18(22)17(9-14)15-5-7-21(8-6-15)12-23(13-21)19(24)16-10-20(2,25)11-16/h3-4,9,15-16,25H,5-8,10-13H2,1-2H3. The molecule has 1 saturated heterocycles. The Morgan fingerprint density at radius 1 is 1.24 bits per heavy atom. The van der Waals surface area contributed by atoms with Gasteiger partial charge in [-0.1, -0.05) is 17.7 Å². The number of amides is 1. The van der Waals surface area contributed by atoms with Crippen molar-refractivity contribution in [3.8, 4) is 0 Å². The highest BCUT2D eigenvalue weighted by Gasteiger charge is 2.51. The van der Waals surface area contributed by atoms with Crippen molar-refractivity contribution in [2.75, 3.05) is 13.1 Å². The normalized spacial score (nSPS) is 31.5. The lowest BCUT2D eigenvalue weighted by atomic mass is 9.63. The third kappa shape index (κ3) is 3.10. The van der Waals surface area contributed by atoms with E-state index in [4.69, 9.17) is 0 Å². The summed E-state index contributed by atoms with van der Waals surface area (Å²) in [5.74, 6) is 0.486. The molecule has 4 rings (SSSR count). The molecule has 136 valence electrons. The number of aryl methyl sites for hydroxylation is 1. The van der Waals surface area contributed by atoms with Crippen LogP contribution in [0.4, 0.5) is 4.39 Å². The van der Waals surface area contributed by atoms with E-state index in [1.165, 1.54) is 0 Å². The zero-order chi connectivity index (χ0) is 17.8. The molecule has 1 spiro atoms. The van der Waals surface area contributed by atoms with Crippen LogP contribution in [0.5, 0.6) is 0 Å². The van der Waals surface area contributed by atoms with Crippen molar-refractivity contribution in [2.24, 2.45) is 11.3 Å². The first-order valence-corrected chi connectivity index (χ1v) is 9.54. The fourth-order valence-corrected chi connectivity index (χ4v) is 5.19. The minimum absolute atomic E-state index is 0.0186. The number of hydrogen-bond donors (Lipinski definition) is 1. The predicted molar refractivity (Wildman–Crippen MR) is 94.7 cm³/mol. The smallest absolute Gasteiger partial charge is 0.225 e. The van der Waals surface area contributed by atoms with Gasteiger partial charge >= 0.3 is 0 Å². The summed E-state index contributed by atoms with van der Waals surface area (Å²) in [4.78, 5) is 14.4. The van der Waals surface area contributed by atoms with E-state index in [0.29, 0.717) is 18.8 Å². The van der Waals surface area contributed by atoms with Gasteiger partial charge in [-0.15, -0.1) is 0 Å². The first-order valence-electron chi connectivity index (χ1n) is 9.54. The maximum absolute atomic E-state index is 14.1. The Labute approximate surface area is 149 Å². The second-order valence-corrected chi connectivity index (χ2v) is 9.10. The van der Waals surface area contributed by atoms with Crippen molar-refractivity contribution in [3.63, 3.8) is 0 Å². The minimum atomic E-state index is -0.640. The van der Waals surface area contributed by atoms with Crippen LogP contribution in [0.15, 0.2) is 18.2 Å². The largest absolute Gasteiger partial charge is 0.390 e. The topological polar surface area (TPSA) is 40.5 Å². The number of carbonyl (C=O) groups is 1. The van der Waals surface area contributed by atoms with Crippen molar-refractivity contribution in [1.82, 2.24) is 4.90 Å². The first kappa shape index (κ1) is 17.0. The molecule has 3 fully saturated rings. The molecule has 0 unspecified atom stereocenters. The predicted octanol–water partition coefficient (Wildman–Crippen LogP) is 3.78. The van der Waals surface area contributed by atoms with Crippen LogP contribution in [-0.2, 0) is 4.79 Å². The van der Waals surface area contributed by atoms with Gasteiger partial charge in [-0.3, -0.25) is 4.79 Å². The summed E-state index contributed by atoms with van der Waals surface area (Å²) in [6.07, 6.45) is 5.39. The molecule has 0 aromatic heterocycles. The average molecular weight is 345 g/mol. The van der Waals surface area contributed by atoms with Crippen LogP contribution < -0.4 is 0 Å². The molecule has 1 aliphatic heterocycles. The quantitative estimate of drug-likeness (QED) is 0.886. The zero-order valence-electron chi connectivity index (χ0n) is 15.2. The molecule has 25 heavy (non-hydrogen) atoms. The Morgan fingerprint density at radius 3 is 2.48 bits per heavy atom.